The minimum atomic E-state index is -1.45. The summed E-state index contributed by atoms with van der Waals surface area (Å²) in [7, 11) is 14.9. The number of rotatable bonds is 12. The molecule has 1 aliphatic rings. The quantitative estimate of drug-likeness (QED) is 0.140. The van der Waals surface area contributed by atoms with Crippen LogP contribution < -0.4 is 48.1 Å². The van der Waals surface area contributed by atoms with E-state index in [2.05, 4.69) is 0 Å². The molecule has 1 aliphatic heterocycles. The summed E-state index contributed by atoms with van der Waals surface area (Å²) in [4.78, 5) is 26.2. The van der Waals surface area contributed by atoms with Crippen molar-refractivity contribution in [3.05, 3.63) is 88.1 Å². The van der Waals surface area contributed by atoms with Gasteiger partial charge in [0.15, 0.2) is 34.4 Å². The molecule has 14 heteroatoms. The fraction of sp³-hybridized carbons (Fsp3) is 0.300. The molecule has 0 bridgehead atoms. The number of hydrogen-bond acceptors (Lipinski definition) is 14. The maximum absolute atomic E-state index is 13.3. The zero-order chi connectivity index (χ0) is 39.2. The Bertz CT molecular complexity index is 2160. The predicted molar refractivity (Wildman–Crippen MR) is 198 cm³/mol. The van der Waals surface area contributed by atoms with Crippen LogP contribution in [0.2, 0.25) is 0 Å². The molecule has 14 nitrogen and oxygen atoms in total. The molecule has 0 saturated carbocycles. The molecule has 0 saturated heterocycles. The van der Waals surface area contributed by atoms with Gasteiger partial charge in [0.2, 0.25) is 23.0 Å². The average molecular weight is 747 g/mol. The van der Waals surface area contributed by atoms with Gasteiger partial charge in [0, 0.05) is 31.4 Å². The van der Waals surface area contributed by atoms with E-state index in [1.165, 1.54) is 62.9 Å². The molecule has 0 aliphatic carbocycles. The van der Waals surface area contributed by atoms with Crippen molar-refractivity contribution in [3.63, 3.8) is 0 Å². The number of fused-ring (bicyclic) bond motifs is 2. The molecular weight excluding hydrogens is 704 g/mol. The fourth-order valence-electron chi connectivity index (χ4n) is 6.25. The van der Waals surface area contributed by atoms with Gasteiger partial charge in [0.1, 0.15) is 34.0 Å². The second-order valence-electron chi connectivity index (χ2n) is 11.4. The zero-order valence-electron chi connectivity index (χ0n) is 31.6. The Hall–Kier alpha value is -6.12. The Morgan fingerprint density at radius 1 is 0.574 bits per heavy atom. The average Bonchev–Trinajstić information content (AvgIpc) is 3.22. The van der Waals surface area contributed by atoms with Crippen LogP contribution in [-0.4, -0.2) is 83.0 Å². The van der Waals surface area contributed by atoms with Gasteiger partial charge in [-0.1, -0.05) is 0 Å². The van der Waals surface area contributed by atoms with Crippen LogP contribution in [0, 0.1) is 0 Å². The lowest BCUT2D eigenvalue weighted by Crippen LogP contribution is -2.54. The van der Waals surface area contributed by atoms with Crippen LogP contribution >= 0.6 is 0 Å². The molecule has 0 N–H and O–H groups in total. The summed E-state index contributed by atoms with van der Waals surface area (Å²) in [5.41, 5.74) is 1.51. The molecule has 2 atom stereocenters. The first-order valence-electron chi connectivity index (χ1n) is 16.3. The van der Waals surface area contributed by atoms with Crippen molar-refractivity contribution in [3.8, 4) is 63.1 Å². The van der Waals surface area contributed by atoms with Crippen LogP contribution in [0.1, 0.15) is 15.9 Å². The van der Waals surface area contributed by atoms with Gasteiger partial charge in [0.05, 0.1) is 56.9 Å². The normalized spacial score (nSPS) is 15.9. The van der Waals surface area contributed by atoms with E-state index in [4.69, 9.17) is 56.5 Å². The summed E-state index contributed by atoms with van der Waals surface area (Å²) < 4.78 is 66.2. The second-order valence-corrected chi connectivity index (χ2v) is 11.4. The standard InChI is InChI=1S/C20H22O7.C20H20O7/c1-22-13-8-6-12(7-9-13)20(26-5)19(25-4)17(21)16-14(27-20)10-11-15(23-2)18(16)24-3;1-22-12-8-6-11(7-9-12)14-10-13(21)15-16(23-2)18(24-3)20(26-5)19(25-4)17(15)27-14/h6-11,19H,1-5H3;6-10H,1-5H3. The molecule has 54 heavy (non-hydrogen) atoms. The highest BCUT2D eigenvalue weighted by atomic mass is 16.7. The summed E-state index contributed by atoms with van der Waals surface area (Å²) in [5.74, 6) is 2.02. The summed E-state index contributed by atoms with van der Waals surface area (Å²) in [5, 5.41) is 0.212. The molecule has 5 aromatic rings. The fourth-order valence-corrected chi connectivity index (χ4v) is 6.25. The Kier molecular flexibility index (Phi) is 12.1. The Morgan fingerprint density at radius 3 is 1.63 bits per heavy atom. The van der Waals surface area contributed by atoms with Crippen LogP contribution in [0.25, 0.3) is 22.3 Å². The lowest BCUT2D eigenvalue weighted by molar-refractivity contribution is -0.230. The Labute approximate surface area is 311 Å². The molecule has 286 valence electrons. The third-order valence-electron chi connectivity index (χ3n) is 8.82. The van der Waals surface area contributed by atoms with E-state index < -0.39 is 11.9 Å². The van der Waals surface area contributed by atoms with Crippen molar-refractivity contribution in [1.29, 1.82) is 0 Å². The van der Waals surface area contributed by atoms with E-state index >= 15 is 0 Å². The van der Waals surface area contributed by atoms with E-state index in [1.54, 1.807) is 74.9 Å². The Morgan fingerprint density at radius 2 is 1.13 bits per heavy atom. The van der Waals surface area contributed by atoms with Gasteiger partial charge in [-0.2, -0.15) is 0 Å². The van der Waals surface area contributed by atoms with E-state index in [-0.39, 0.29) is 50.7 Å². The molecule has 0 fully saturated rings. The van der Waals surface area contributed by atoms with E-state index in [1.807, 2.05) is 0 Å². The highest BCUT2D eigenvalue weighted by molar-refractivity contribution is 6.06. The first-order valence-corrected chi connectivity index (χ1v) is 16.3. The van der Waals surface area contributed by atoms with Crippen molar-refractivity contribution in [2.45, 2.75) is 11.9 Å². The van der Waals surface area contributed by atoms with Gasteiger partial charge in [-0.25, -0.2) is 0 Å². The van der Waals surface area contributed by atoms with Crippen LogP contribution in [0.3, 0.4) is 0 Å². The zero-order valence-corrected chi connectivity index (χ0v) is 31.6. The monoisotopic (exact) mass is 746 g/mol. The first kappa shape index (κ1) is 39.1. The van der Waals surface area contributed by atoms with E-state index in [0.29, 0.717) is 45.6 Å². The number of hydrogen-bond donors (Lipinski definition) is 0. The summed E-state index contributed by atoms with van der Waals surface area (Å²) in [6.45, 7) is 0. The molecule has 2 unspecified atom stereocenters. The molecule has 1 aromatic heterocycles. The number of carbonyl (C=O) groups excluding carboxylic acids is 1. The topological polar surface area (TPSA) is 149 Å². The summed E-state index contributed by atoms with van der Waals surface area (Å²) in [6.07, 6.45) is -1.05. The van der Waals surface area contributed by atoms with Crippen molar-refractivity contribution < 1.29 is 61.3 Å². The largest absolute Gasteiger partial charge is 0.497 e. The maximum Gasteiger partial charge on any atom is 0.271 e. The predicted octanol–water partition coefficient (Wildman–Crippen LogP) is 6.30. The van der Waals surface area contributed by atoms with Crippen LogP contribution in [0.5, 0.6) is 51.7 Å². The smallest absolute Gasteiger partial charge is 0.271 e. The summed E-state index contributed by atoms with van der Waals surface area (Å²) >= 11 is 0. The van der Waals surface area contributed by atoms with Crippen molar-refractivity contribution in [1.82, 2.24) is 0 Å². The highest BCUT2D eigenvalue weighted by Crippen LogP contribution is 2.51. The van der Waals surface area contributed by atoms with Crippen LogP contribution in [-0.2, 0) is 15.3 Å². The van der Waals surface area contributed by atoms with Crippen molar-refractivity contribution in [2.75, 3.05) is 71.1 Å². The number of ether oxygens (including phenoxy) is 11. The van der Waals surface area contributed by atoms with Crippen LogP contribution in [0.4, 0.5) is 0 Å². The van der Waals surface area contributed by atoms with Gasteiger partial charge >= 0.3 is 0 Å². The Balaban J connectivity index is 0.000000208. The number of ketones is 1. The number of Topliss-reactive ketones (excluding diaryl/α,β-unsaturated/α-hetero) is 1. The van der Waals surface area contributed by atoms with Crippen molar-refractivity contribution >= 4 is 16.8 Å². The van der Waals surface area contributed by atoms with Gasteiger partial charge in [-0.3, -0.25) is 9.59 Å². The maximum atomic E-state index is 13.3. The highest BCUT2D eigenvalue weighted by Gasteiger charge is 2.54. The molecule has 0 radical (unpaired) electrons. The lowest BCUT2D eigenvalue weighted by Gasteiger charge is -2.42. The lowest BCUT2D eigenvalue weighted by atomic mass is 9.89. The van der Waals surface area contributed by atoms with Gasteiger partial charge in [-0.05, 0) is 60.7 Å². The third kappa shape index (κ3) is 6.76. The van der Waals surface area contributed by atoms with Gasteiger partial charge in [0.25, 0.3) is 5.79 Å². The van der Waals surface area contributed by atoms with E-state index in [9.17, 15) is 9.59 Å². The molecule has 0 spiro atoms. The number of methoxy groups -OCH3 is 10. The SMILES string of the molecule is COc1ccc(-c2cc(=O)c3c(OC)c(OC)c(OC)c(OC)c3o2)cc1.COc1ccc(C2(OC)Oc3ccc(OC)c(OC)c3C(=O)C2OC)cc1. The first-order chi connectivity index (χ1) is 26.1. The summed E-state index contributed by atoms with van der Waals surface area (Å²) in [6, 6.07) is 19.0. The third-order valence-corrected chi connectivity index (χ3v) is 8.82. The van der Waals surface area contributed by atoms with E-state index in [0.717, 1.165) is 0 Å². The minimum Gasteiger partial charge on any atom is -0.497 e. The van der Waals surface area contributed by atoms with Gasteiger partial charge in [-0.15, -0.1) is 0 Å². The number of carbonyl (C=O) groups is 1. The molecule has 6 rings (SSSR count). The second kappa shape index (κ2) is 16.7. The molecular formula is C40H42O14. The van der Waals surface area contributed by atoms with Crippen LogP contribution in [0.15, 0.2) is 75.9 Å². The number of benzene rings is 4. The molecule has 2 heterocycles. The minimum absolute atomic E-state index is 0.212. The molecule has 4 aromatic carbocycles. The van der Waals surface area contributed by atoms with Gasteiger partial charge < -0.3 is 56.5 Å². The molecule has 0 amide bonds. The van der Waals surface area contributed by atoms with Crippen molar-refractivity contribution in [2.24, 2.45) is 0 Å².